The highest BCUT2D eigenvalue weighted by Gasteiger charge is 2.34. The zero-order valence-electron chi connectivity index (χ0n) is 16.9. The average Bonchev–Trinajstić information content (AvgIpc) is 3.38. The summed E-state index contributed by atoms with van der Waals surface area (Å²) in [4.78, 5) is 31.6. The van der Waals surface area contributed by atoms with Crippen LogP contribution in [-0.4, -0.2) is 42.6 Å². The van der Waals surface area contributed by atoms with E-state index in [0.717, 1.165) is 11.1 Å². The number of aromatic nitrogens is 4. The number of rotatable bonds is 4. The predicted molar refractivity (Wildman–Crippen MR) is 110 cm³/mol. The van der Waals surface area contributed by atoms with Gasteiger partial charge in [0.1, 0.15) is 17.6 Å². The maximum absolute atomic E-state index is 12.7. The van der Waals surface area contributed by atoms with Crippen LogP contribution in [0.15, 0.2) is 48.9 Å². The van der Waals surface area contributed by atoms with Crippen molar-refractivity contribution in [3.8, 4) is 11.8 Å². The summed E-state index contributed by atoms with van der Waals surface area (Å²) in [6.45, 7) is 3.06. The summed E-state index contributed by atoms with van der Waals surface area (Å²) < 4.78 is 3.63. The van der Waals surface area contributed by atoms with Gasteiger partial charge in [0.2, 0.25) is 0 Å². The second kappa shape index (κ2) is 8.25. The van der Waals surface area contributed by atoms with Crippen molar-refractivity contribution in [2.24, 2.45) is 7.05 Å². The number of aryl methyl sites for hydroxylation is 1. The minimum atomic E-state index is -0.395. The number of hydrogen-bond acceptors (Lipinski definition) is 4. The fraction of sp³-hybridized carbons (Fsp3) is 0.273. The van der Waals surface area contributed by atoms with Crippen LogP contribution < -0.4 is 5.32 Å². The normalized spacial score (nSPS) is 15.1. The molecule has 152 valence electrons. The van der Waals surface area contributed by atoms with Crippen LogP contribution in [0.25, 0.3) is 0 Å². The maximum Gasteiger partial charge on any atom is 0.299 e. The number of fused-ring (bicyclic) bond motifs is 1. The van der Waals surface area contributed by atoms with Gasteiger partial charge in [-0.25, -0.2) is 4.98 Å². The molecule has 0 aliphatic carbocycles. The monoisotopic (exact) mass is 402 g/mol. The summed E-state index contributed by atoms with van der Waals surface area (Å²) in [6.07, 6.45) is 5.31. The fourth-order valence-electron chi connectivity index (χ4n) is 3.62. The molecule has 1 aromatic carbocycles. The van der Waals surface area contributed by atoms with Crippen molar-refractivity contribution < 1.29 is 9.59 Å². The number of nitrogens with zero attached hydrogens (tertiary/aromatic N) is 5. The van der Waals surface area contributed by atoms with Crippen molar-refractivity contribution in [1.29, 1.82) is 0 Å². The van der Waals surface area contributed by atoms with Gasteiger partial charge in [-0.05, 0) is 18.4 Å². The van der Waals surface area contributed by atoms with Crippen molar-refractivity contribution >= 4 is 11.8 Å². The number of carbonyl (C=O) groups is 2. The Morgan fingerprint density at radius 3 is 2.70 bits per heavy atom. The molecule has 1 unspecified atom stereocenters. The first kappa shape index (κ1) is 19.5. The van der Waals surface area contributed by atoms with Crippen LogP contribution in [0.5, 0.6) is 0 Å². The number of carbonyl (C=O) groups excluding carboxylic acids is 2. The van der Waals surface area contributed by atoms with Crippen molar-refractivity contribution in [3.05, 3.63) is 71.6 Å². The lowest BCUT2D eigenvalue weighted by atomic mass is 10.0. The van der Waals surface area contributed by atoms with Gasteiger partial charge in [0.05, 0.1) is 6.20 Å². The van der Waals surface area contributed by atoms with E-state index in [1.54, 1.807) is 28.9 Å². The van der Waals surface area contributed by atoms with Gasteiger partial charge < -0.3 is 14.8 Å². The molecule has 1 aliphatic heterocycles. The summed E-state index contributed by atoms with van der Waals surface area (Å²) in [5.74, 6) is 5.45. The van der Waals surface area contributed by atoms with E-state index in [2.05, 4.69) is 27.2 Å². The third-order valence-corrected chi connectivity index (χ3v) is 5.00. The number of amides is 2. The van der Waals surface area contributed by atoms with Crippen molar-refractivity contribution in [2.75, 3.05) is 6.54 Å². The molecule has 0 saturated heterocycles. The van der Waals surface area contributed by atoms with Gasteiger partial charge in [0, 0.05) is 44.6 Å². The van der Waals surface area contributed by atoms with Crippen LogP contribution in [-0.2, 0) is 24.9 Å². The van der Waals surface area contributed by atoms with E-state index < -0.39 is 6.04 Å². The first-order valence-corrected chi connectivity index (χ1v) is 9.68. The van der Waals surface area contributed by atoms with Gasteiger partial charge >= 0.3 is 0 Å². The molecule has 1 N–H and O–H groups in total. The van der Waals surface area contributed by atoms with Gasteiger partial charge in [-0.15, -0.1) is 0 Å². The number of imidazole rings is 1. The zero-order chi connectivity index (χ0) is 21.1. The van der Waals surface area contributed by atoms with E-state index in [9.17, 15) is 9.59 Å². The minimum absolute atomic E-state index is 0.247. The highest BCUT2D eigenvalue weighted by Crippen LogP contribution is 2.31. The van der Waals surface area contributed by atoms with E-state index in [0.29, 0.717) is 31.2 Å². The lowest BCUT2D eigenvalue weighted by Gasteiger charge is -2.35. The Labute approximate surface area is 174 Å². The SMILES string of the molecule is CC#CC(=O)N1CCn2cc(C(=O)NCc3cnn(C)c3)nc2C1c1ccccc1. The van der Waals surface area contributed by atoms with Crippen LogP contribution >= 0.6 is 0 Å². The summed E-state index contributed by atoms with van der Waals surface area (Å²) in [5, 5.41) is 6.98. The summed E-state index contributed by atoms with van der Waals surface area (Å²) >= 11 is 0. The Morgan fingerprint density at radius 2 is 2.00 bits per heavy atom. The Morgan fingerprint density at radius 1 is 1.20 bits per heavy atom. The molecular formula is C22H22N6O2. The van der Waals surface area contributed by atoms with E-state index in [1.165, 1.54) is 0 Å². The van der Waals surface area contributed by atoms with Crippen molar-refractivity contribution in [3.63, 3.8) is 0 Å². The van der Waals surface area contributed by atoms with Gasteiger partial charge in [-0.3, -0.25) is 14.3 Å². The molecule has 0 saturated carbocycles. The first-order chi connectivity index (χ1) is 14.6. The largest absolute Gasteiger partial charge is 0.346 e. The molecule has 0 fully saturated rings. The molecule has 0 radical (unpaired) electrons. The summed E-state index contributed by atoms with van der Waals surface area (Å²) in [7, 11) is 1.83. The fourth-order valence-corrected chi connectivity index (χ4v) is 3.62. The average molecular weight is 402 g/mol. The highest BCUT2D eigenvalue weighted by atomic mass is 16.2. The van der Waals surface area contributed by atoms with Crippen LogP contribution in [0.4, 0.5) is 0 Å². The molecule has 1 aliphatic rings. The lowest BCUT2D eigenvalue weighted by Crippen LogP contribution is -2.42. The lowest BCUT2D eigenvalue weighted by molar-refractivity contribution is -0.127. The van der Waals surface area contributed by atoms with Gasteiger partial charge in [-0.2, -0.15) is 5.10 Å². The Hall–Kier alpha value is -3.86. The molecule has 8 heteroatoms. The molecule has 2 aromatic heterocycles. The number of benzene rings is 1. The van der Waals surface area contributed by atoms with Gasteiger partial charge in [0.15, 0.2) is 0 Å². The van der Waals surface area contributed by atoms with E-state index in [1.807, 2.05) is 48.1 Å². The van der Waals surface area contributed by atoms with Gasteiger partial charge in [0.25, 0.3) is 11.8 Å². The third-order valence-electron chi connectivity index (χ3n) is 5.00. The van der Waals surface area contributed by atoms with Crippen LogP contribution in [0, 0.1) is 11.8 Å². The number of nitrogens with one attached hydrogen (secondary N) is 1. The van der Waals surface area contributed by atoms with E-state index in [4.69, 9.17) is 0 Å². The Kier molecular flexibility index (Phi) is 5.35. The van der Waals surface area contributed by atoms with Crippen molar-refractivity contribution in [2.45, 2.75) is 26.1 Å². The second-order valence-electron chi connectivity index (χ2n) is 7.07. The molecule has 4 rings (SSSR count). The van der Waals surface area contributed by atoms with Crippen LogP contribution in [0.3, 0.4) is 0 Å². The third kappa shape index (κ3) is 3.82. The predicted octanol–water partition coefficient (Wildman–Crippen LogP) is 1.50. The minimum Gasteiger partial charge on any atom is -0.346 e. The summed E-state index contributed by atoms with van der Waals surface area (Å²) in [6, 6.07) is 9.29. The van der Waals surface area contributed by atoms with Crippen LogP contribution in [0.1, 0.15) is 40.4 Å². The standard InChI is InChI=1S/C22H22N6O2/c1-3-7-19(29)28-11-10-27-15-18(22(30)23-12-16-13-24-26(2)14-16)25-21(27)20(28)17-8-5-4-6-9-17/h4-6,8-9,13-15,20H,10-12H2,1-2H3,(H,23,30). The van der Waals surface area contributed by atoms with Crippen LogP contribution in [0.2, 0.25) is 0 Å². The molecule has 0 spiro atoms. The highest BCUT2D eigenvalue weighted by molar-refractivity contribution is 5.94. The molecule has 8 nitrogen and oxygen atoms in total. The second-order valence-corrected chi connectivity index (χ2v) is 7.07. The maximum atomic E-state index is 12.7. The zero-order valence-corrected chi connectivity index (χ0v) is 16.9. The van der Waals surface area contributed by atoms with Gasteiger partial charge in [-0.1, -0.05) is 36.3 Å². The molecule has 2 amide bonds. The number of hydrogen-bond donors (Lipinski definition) is 1. The van der Waals surface area contributed by atoms with Crippen molar-refractivity contribution in [1.82, 2.24) is 29.5 Å². The van der Waals surface area contributed by atoms with E-state index in [-0.39, 0.29) is 11.8 Å². The topological polar surface area (TPSA) is 85.0 Å². The molecular weight excluding hydrogens is 380 g/mol. The molecule has 3 aromatic rings. The molecule has 0 bridgehead atoms. The smallest absolute Gasteiger partial charge is 0.299 e. The Bertz CT molecular complexity index is 1140. The molecule has 30 heavy (non-hydrogen) atoms. The first-order valence-electron chi connectivity index (χ1n) is 9.68. The molecule has 1 atom stereocenters. The summed E-state index contributed by atoms with van der Waals surface area (Å²) in [5.41, 5.74) is 2.16. The Balaban J connectivity index is 1.62. The molecule has 3 heterocycles. The quantitative estimate of drug-likeness (QED) is 0.671. The van der Waals surface area contributed by atoms with E-state index >= 15 is 0 Å².